The summed E-state index contributed by atoms with van der Waals surface area (Å²) in [6, 6.07) is 6.23. The topological polar surface area (TPSA) is 37.4 Å². The lowest BCUT2D eigenvalue weighted by Gasteiger charge is -2.32. The van der Waals surface area contributed by atoms with Crippen molar-refractivity contribution < 1.29 is 8.42 Å². The number of hydrogen-bond acceptors (Lipinski definition) is 3. The largest absolute Gasteiger partial charge is 0.243 e. The maximum absolute atomic E-state index is 12.8. The van der Waals surface area contributed by atoms with Crippen LogP contribution in [0.1, 0.15) is 23.4 Å². The van der Waals surface area contributed by atoms with Crippen molar-refractivity contribution in [2.45, 2.75) is 24.3 Å². The van der Waals surface area contributed by atoms with E-state index < -0.39 is 10.0 Å². The summed E-state index contributed by atoms with van der Waals surface area (Å²) < 4.78 is 27.2. The van der Waals surface area contributed by atoms with Gasteiger partial charge in [0.2, 0.25) is 10.0 Å². The highest BCUT2D eigenvalue weighted by Gasteiger charge is 2.34. The average molecular weight is 362 g/mol. The van der Waals surface area contributed by atoms with E-state index in [0.29, 0.717) is 16.6 Å². The molecule has 0 fully saturated rings. The van der Waals surface area contributed by atoms with Gasteiger partial charge in [-0.15, -0.1) is 11.3 Å². The first-order valence-electron chi connectivity index (χ1n) is 6.44. The first-order chi connectivity index (χ1) is 9.89. The van der Waals surface area contributed by atoms with Gasteiger partial charge < -0.3 is 0 Å². The Labute approximate surface area is 138 Å². The summed E-state index contributed by atoms with van der Waals surface area (Å²) in [5.41, 5.74) is 1.09. The zero-order chi connectivity index (χ0) is 15.2. The summed E-state index contributed by atoms with van der Waals surface area (Å²) in [6.07, 6.45) is 0.741. The van der Waals surface area contributed by atoms with E-state index in [1.54, 1.807) is 11.3 Å². The van der Waals surface area contributed by atoms with Crippen molar-refractivity contribution in [3.05, 3.63) is 50.1 Å². The average Bonchev–Trinajstić information content (AvgIpc) is 2.87. The van der Waals surface area contributed by atoms with E-state index in [1.807, 2.05) is 18.4 Å². The Kier molecular flexibility index (Phi) is 4.05. The van der Waals surface area contributed by atoms with Gasteiger partial charge in [0.15, 0.2) is 0 Å². The van der Waals surface area contributed by atoms with Crippen molar-refractivity contribution >= 4 is 44.6 Å². The number of halogens is 2. The molecule has 1 aromatic heterocycles. The van der Waals surface area contributed by atoms with Gasteiger partial charge in [-0.05, 0) is 48.6 Å². The van der Waals surface area contributed by atoms with Crippen molar-refractivity contribution in [2.75, 3.05) is 6.54 Å². The molecule has 1 aliphatic rings. The fourth-order valence-electron chi connectivity index (χ4n) is 2.63. The first-order valence-corrected chi connectivity index (χ1v) is 9.51. The lowest BCUT2D eigenvalue weighted by atomic mass is 10.0. The van der Waals surface area contributed by atoms with Gasteiger partial charge >= 0.3 is 0 Å². The SMILES string of the molecule is CC1c2ccsc2CCN1S(=O)(=O)c1cc(Cl)cc(Cl)c1. The highest BCUT2D eigenvalue weighted by Crippen LogP contribution is 2.37. The minimum absolute atomic E-state index is 0.144. The molecule has 3 rings (SSSR count). The molecule has 1 unspecified atom stereocenters. The second-order valence-corrected chi connectivity index (χ2v) is 8.71. The van der Waals surface area contributed by atoms with Crippen LogP contribution >= 0.6 is 34.5 Å². The van der Waals surface area contributed by atoms with Gasteiger partial charge in [0.05, 0.1) is 4.90 Å². The zero-order valence-corrected chi connectivity index (χ0v) is 14.4. The lowest BCUT2D eigenvalue weighted by Crippen LogP contribution is -2.38. The summed E-state index contributed by atoms with van der Waals surface area (Å²) in [6.45, 7) is 2.38. The van der Waals surface area contributed by atoms with Crippen molar-refractivity contribution in [3.63, 3.8) is 0 Å². The molecule has 1 aliphatic heterocycles. The molecule has 0 saturated heterocycles. The van der Waals surface area contributed by atoms with Crippen LogP contribution in [-0.4, -0.2) is 19.3 Å². The van der Waals surface area contributed by atoms with Crippen LogP contribution in [-0.2, 0) is 16.4 Å². The first kappa shape index (κ1) is 15.3. The number of nitrogens with zero attached hydrogens (tertiary/aromatic N) is 1. The predicted molar refractivity (Wildman–Crippen MR) is 86.8 cm³/mol. The smallest absolute Gasteiger partial charge is 0.207 e. The quantitative estimate of drug-likeness (QED) is 0.796. The number of sulfonamides is 1. The number of thiophene rings is 1. The Morgan fingerprint density at radius 2 is 1.90 bits per heavy atom. The normalized spacial score (nSPS) is 19.5. The molecule has 0 saturated carbocycles. The minimum Gasteiger partial charge on any atom is -0.207 e. The molecule has 0 spiro atoms. The zero-order valence-electron chi connectivity index (χ0n) is 11.2. The van der Waals surface area contributed by atoms with Gasteiger partial charge in [0, 0.05) is 27.5 Å². The van der Waals surface area contributed by atoms with Crippen LogP contribution in [0.15, 0.2) is 34.5 Å². The molecule has 21 heavy (non-hydrogen) atoms. The Hall–Kier alpha value is -0.590. The highest BCUT2D eigenvalue weighted by atomic mass is 35.5. The van der Waals surface area contributed by atoms with Gasteiger partial charge in [-0.1, -0.05) is 23.2 Å². The van der Waals surface area contributed by atoms with Crippen LogP contribution in [0, 0.1) is 0 Å². The summed E-state index contributed by atoms with van der Waals surface area (Å²) in [5, 5.41) is 2.65. The van der Waals surface area contributed by atoms with E-state index in [1.165, 1.54) is 27.4 Å². The second-order valence-electron chi connectivity index (χ2n) is 4.95. The van der Waals surface area contributed by atoms with E-state index in [-0.39, 0.29) is 10.9 Å². The lowest BCUT2D eigenvalue weighted by molar-refractivity contribution is 0.329. The third-order valence-electron chi connectivity index (χ3n) is 3.66. The van der Waals surface area contributed by atoms with Crippen LogP contribution in [0.3, 0.4) is 0 Å². The van der Waals surface area contributed by atoms with E-state index in [0.717, 1.165) is 12.0 Å². The van der Waals surface area contributed by atoms with Gasteiger partial charge in [-0.2, -0.15) is 4.31 Å². The second kappa shape index (κ2) is 5.56. The third kappa shape index (κ3) is 2.73. The maximum Gasteiger partial charge on any atom is 0.243 e. The summed E-state index contributed by atoms with van der Waals surface area (Å²) >= 11 is 13.5. The molecular weight excluding hydrogens is 349 g/mol. The van der Waals surface area contributed by atoms with E-state index in [9.17, 15) is 8.42 Å². The maximum atomic E-state index is 12.8. The Morgan fingerprint density at radius 1 is 1.24 bits per heavy atom. The summed E-state index contributed by atoms with van der Waals surface area (Å²) in [5.74, 6) is 0. The fourth-order valence-corrected chi connectivity index (χ4v) is 5.93. The number of rotatable bonds is 2. The predicted octanol–water partition coefficient (Wildman–Crippen LogP) is 4.36. The van der Waals surface area contributed by atoms with Crippen LogP contribution in [0.2, 0.25) is 10.0 Å². The molecule has 1 atom stereocenters. The molecule has 2 aromatic rings. The molecule has 0 aliphatic carbocycles. The van der Waals surface area contributed by atoms with Gasteiger partial charge in [-0.3, -0.25) is 0 Å². The molecule has 0 bridgehead atoms. The standard InChI is InChI=1S/C14H13Cl2NO2S2/c1-9-13-3-5-20-14(13)2-4-17(9)21(18,19)12-7-10(15)6-11(16)8-12/h3,5-9H,2,4H2,1H3. The minimum atomic E-state index is -3.61. The van der Waals surface area contributed by atoms with Crippen molar-refractivity contribution in [2.24, 2.45) is 0 Å². The molecule has 7 heteroatoms. The van der Waals surface area contributed by atoms with Gasteiger partial charge in [-0.25, -0.2) is 8.42 Å². The van der Waals surface area contributed by atoms with Crippen LogP contribution in [0.5, 0.6) is 0 Å². The van der Waals surface area contributed by atoms with Crippen molar-refractivity contribution in [1.82, 2.24) is 4.31 Å². The molecular formula is C14H13Cl2NO2S2. The van der Waals surface area contributed by atoms with E-state index >= 15 is 0 Å². The highest BCUT2D eigenvalue weighted by molar-refractivity contribution is 7.89. The van der Waals surface area contributed by atoms with Crippen LogP contribution in [0.25, 0.3) is 0 Å². The molecule has 0 N–H and O–H groups in total. The summed E-state index contributed by atoms with van der Waals surface area (Å²) in [4.78, 5) is 1.41. The Bertz CT molecular complexity index is 766. The Balaban J connectivity index is 2.03. The monoisotopic (exact) mass is 361 g/mol. The number of hydrogen-bond donors (Lipinski definition) is 0. The number of fused-ring (bicyclic) bond motifs is 1. The molecule has 2 heterocycles. The van der Waals surface area contributed by atoms with Crippen molar-refractivity contribution in [3.8, 4) is 0 Å². The molecule has 0 amide bonds. The Morgan fingerprint density at radius 3 is 2.57 bits per heavy atom. The molecule has 1 aromatic carbocycles. The van der Waals surface area contributed by atoms with Crippen LogP contribution in [0.4, 0.5) is 0 Å². The van der Waals surface area contributed by atoms with E-state index in [4.69, 9.17) is 23.2 Å². The number of benzene rings is 1. The van der Waals surface area contributed by atoms with Gasteiger partial charge in [0.25, 0.3) is 0 Å². The molecule has 0 radical (unpaired) electrons. The molecule has 112 valence electrons. The van der Waals surface area contributed by atoms with E-state index in [2.05, 4.69) is 0 Å². The van der Waals surface area contributed by atoms with Gasteiger partial charge in [0.1, 0.15) is 0 Å². The molecule has 3 nitrogen and oxygen atoms in total. The van der Waals surface area contributed by atoms with Crippen molar-refractivity contribution in [1.29, 1.82) is 0 Å². The fraction of sp³-hybridized carbons (Fsp3) is 0.286. The third-order valence-corrected chi connectivity index (χ3v) is 7.04. The van der Waals surface area contributed by atoms with Crippen LogP contribution < -0.4 is 0 Å². The summed E-state index contributed by atoms with van der Waals surface area (Å²) in [7, 11) is -3.61.